The van der Waals surface area contributed by atoms with Crippen LogP contribution < -0.4 is 21.1 Å². The number of ether oxygens (including phenoxy) is 1. The minimum absolute atomic E-state index is 0.0142. The zero-order chi connectivity index (χ0) is 43.7. The Hall–Kier alpha value is -7.30. The van der Waals surface area contributed by atoms with Gasteiger partial charge in [0, 0.05) is 37.3 Å². The Morgan fingerprint density at radius 2 is 1.59 bits per heavy atom. The molecule has 3 aliphatic rings. The smallest absolute Gasteiger partial charge is 0.262 e. The van der Waals surface area contributed by atoms with Crippen LogP contribution in [0.2, 0.25) is 0 Å². The van der Waals surface area contributed by atoms with Crippen molar-refractivity contribution in [3.8, 4) is 22.8 Å². The molecule has 2 fully saturated rings. The topological polar surface area (TPSA) is 195 Å². The van der Waals surface area contributed by atoms with E-state index < -0.39 is 17.9 Å². The number of carbonyl (C=O) groups excluding carboxylic acids is 5. The van der Waals surface area contributed by atoms with Crippen molar-refractivity contribution in [3.63, 3.8) is 0 Å². The Labute approximate surface area is 364 Å². The van der Waals surface area contributed by atoms with Crippen LogP contribution >= 0.6 is 0 Å². The van der Waals surface area contributed by atoms with E-state index in [9.17, 15) is 24.0 Å². The maximum atomic E-state index is 13.3. The molecule has 15 heteroatoms. The molecule has 0 radical (unpaired) electrons. The first-order valence-corrected chi connectivity index (χ1v) is 21.7. The molecule has 2 saturated heterocycles. The molecular formula is C48H49N9O6. The standard InChI is InChI=1S/C48H49N9O6/c49-45-43-44(32-16-20-38(21-17-32)63-37-14-8-6-9-15-37)54-57(46(43)52-31-51-45)35-13-11-25-55(27-35)36(29-59)12-7-4-2-1-3-5-10-24-50-33-18-22-39-40(26-33)48(62)56(47(39)61)42-23-19-34(28-58)53-41(42)30-60/h6,8-9,14-18,20-22,26,31,35,42,50,53H,1-5,7,10-13,19,23-25,27H2,(H2,49,51,52). The number of nitrogens with one attached hydrogen (secondary N) is 2. The third-order valence-corrected chi connectivity index (χ3v) is 12.0. The molecule has 0 aliphatic carbocycles. The Morgan fingerprint density at radius 3 is 2.35 bits per heavy atom. The Kier molecular flexibility index (Phi) is 13.2. The van der Waals surface area contributed by atoms with E-state index in [4.69, 9.17) is 15.6 Å². The van der Waals surface area contributed by atoms with Gasteiger partial charge in [0.05, 0.1) is 34.3 Å². The number of amides is 2. The van der Waals surface area contributed by atoms with Gasteiger partial charge in [-0.25, -0.2) is 29.0 Å². The number of aromatic nitrogens is 4. The highest BCUT2D eigenvalue weighted by Gasteiger charge is 2.43. The second kappa shape index (κ2) is 19.6. The van der Waals surface area contributed by atoms with Gasteiger partial charge in [-0.2, -0.15) is 5.10 Å². The van der Waals surface area contributed by atoms with Gasteiger partial charge in [0.2, 0.25) is 0 Å². The van der Waals surface area contributed by atoms with Gasteiger partial charge in [0.15, 0.2) is 5.65 Å². The highest BCUT2D eigenvalue weighted by molar-refractivity contribution is 6.22. The summed E-state index contributed by atoms with van der Waals surface area (Å²) in [6.07, 6.45) is 11.6. The number of nitrogens with zero attached hydrogens (tertiary/aromatic N) is 6. The maximum absolute atomic E-state index is 13.3. The third-order valence-electron chi connectivity index (χ3n) is 12.0. The molecular weight excluding hydrogens is 799 g/mol. The Bertz CT molecular complexity index is 2640. The van der Waals surface area contributed by atoms with E-state index in [-0.39, 0.29) is 41.4 Å². The number of rotatable bonds is 17. The minimum atomic E-state index is -0.811. The number of nitrogens with two attached hydrogens (primary N) is 1. The van der Waals surface area contributed by atoms with Gasteiger partial charge in [-0.15, -0.1) is 0 Å². The predicted molar refractivity (Wildman–Crippen MR) is 238 cm³/mol. The van der Waals surface area contributed by atoms with Crippen molar-refractivity contribution in [3.05, 3.63) is 107 Å². The molecule has 2 amide bonds. The average Bonchev–Trinajstić information content (AvgIpc) is 3.83. The van der Waals surface area contributed by atoms with Crippen molar-refractivity contribution < 1.29 is 28.7 Å². The molecule has 0 saturated carbocycles. The number of likely N-dealkylation sites (tertiary alicyclic amines) is 1. The molecule has 63 heavy (non-hydrogen) atoms. The van der Waals surface area contributed by atoms with Crippen molar-refractivity contribution in [2.24, 2.45) is 0 Å². The van der Waals surface area contributed by atoms with Gasteiger partial charge in [-0.05, 0) is 93.1 Å². The lowest BCUT2D eigenvalue weighted by atomic mass is 10.0. The summed E-state index contributed by atoms with van der Waals surface area (Å²) >= 11 is 0. The van der Waals surface area contributed by atoms with Gasteiger partial charge in [-0.1, -0.05) is 50.3 Å². The first kappa shape index (κ1) is 42.4. The van der Waals surface area contributed by atoms with E-state index in [0.717, 1.165) is 86.2 Å². The molecule has 5 heterocycles. The molecule has 0 bridgehead atoms. The number of fused-ring (bicyclic) bond motifs is 2. The van der Waals surface area contributed by atoms with Gasteiger partial charge < -0.3 is 26.0 Å². The highest BCUT2D eigenvalue weighted by atomic mass is 16.5. The zero-order valence-electron chi connectivity index (χ0n) is 35.0. The molecule has 2 atom stereocenters. The quantitative estimate of drug-likeness (QED) is 0.0482. The molecule has 0 spiro atoms. The average molecular weight is 848 g/mol. The van der Waals surface area contributed by atoms with Crippen LogP contribution in [0.5, 0.6) is 11.5 Å². The second-order valence-electron chi connectivity index (χ2n) is 16.1. The molecule has 5 aromatic rings. The number of anilines is 2. The van der Waals surface area contributed by atoms with Crippen molar-refractivity contribution in [1.29, 1.82) is 0 Å². The fourth-order valence-corrected chi connectivity index (χ4v) is 8.78. The van der Waals surface area contributed by atoms with Crippen LogP contribution in [-0.4, -0.2) is 84.9 Å². The Morgan fingerprint density at radius 1 is 0.841 bits per heavy atom. The lowest BCUT2D eigenvalue weighted by Crippen LogP contribution is -2.46. The molecule has 15 nitrogen and oxygen atoms in total. The van der Waals surface area contributed by atoms with E-state index in [1.807, 2.05) is 59.3 Å². The second-order valence-corrected chi connectivity index (χ2v) is 16.1. The number of nitrogen functional groups attached to an aromatic ring is 1. The van der Waals surface area contributed by atoms with Crippen LogP contribution in [0.4, 0.5) is 11.5 Å². The fourth-order valence-electron chi connectivity index (χ4n) is 8.78. The molecule has 3 aliphatic heterocycles. The number of carbonyl (C=O) groups is 2. The summed E-state index contributed by atoms with van der Waals surface area (Å²) in [4.78, 5) is 73.5. The van der Waals surface area contributed by atoms with Crippen LogP contribution in [0.3, 0.4) is 0 Å². The number of para-hydroxylation sites is 1. The summed E-state index contributed by atoms with van der Waals surface area (Å²) in [6.45, 7) is 2.13. The number of imide groups is 1. The van der Waals surface area contributed by atoms with Crippen LogP contribution in [-0.2, 0) is 14.4 Å². The van der Waals surface area contributed by atoms with E-state index >= 15 is 0 Å². The van der Waals surface area contributed by atoms with E-state index in [1.54, 1.807) is 30.1 Å². The molecule has 2 unspecified atom stereocenters. The van der Waals surface area contributed by atoms with Gasteiger partial charge >= 0.3 is 0 Å². The minimum Gasteiger partial charge on any atom is -0.457 e. The van der Waals surface area contributed by atoms with E-state index in [0.29, 0.717) is 53.5 Å². The van der Waals surface area contributed by atoms with Crippen LogP contribution in [0, 0.1) is 0 Å². The summed E-state index contributed by atoms with van der Waals surface area (Å²) in [6, 6.07) is 21.6. The summed E-state index contributed by atoms with van der Waals surface area (Å²) < 4.78 is 7.95. The number of benzene rings is 3. The summed E-state index contributed by atoms with van der Waals surface area (Å²) in [5.41, 5.74) is 10.9. The molecule has 322 valence electrons. The lowest BCUT2D eigenvalue weighted by molar-refractivity contribution is 0.0593. The molecule has 2 aromatic heterocycles. The first-order valence-electron chi connectivity index (χ1n) is 21.7. The highest BCUT2D eigenvalue weighted by Crippen LogP contribution is 2.36. The normalized spacial score (nSPS) is 17.2. The molecule has 3 aromatic carbocycles. The maximum Gasteiger partial charge on any atom is 0.262 e. The lowest BCUT2D eigenvalue weighted by Gasteiger charge is -2.34. The third kappa shape index (κ3) is 9.32. The van der Waals surface area contributed by atoms with E-state index in [1.165, 1.54) is 6.33 Å². The largest absolute Gasteiger partial charge is 0.457 e. The molecule has 8 rings (SSSR count). The van der Waals surface area contributed by atoms with Crippen LogP contribution in [0.1, 0.15) is 104 Å². The fraction of sp³-hybridized carbons (Fsp3) is 0.354. The first-order chi connectivity index (χ1) is 30.9. The van der Waals surface area contributed by atoms with Crippen molar-refractivity contribution >= 4 is 52.2 Å². The Balaban J connectivity index is 0.767. The van der Waals surface area contributed by atoms with Crippen LogP contribution in [0.25, 0.3) is 22.3 Å². The number of unbranched alkanes of at least 4 members (excludes halogenated alkanes) is 6. The van der Waals surface area contributed by atoms with E-state index in [2.05, 4.69) is 31.4 Å². The number of hydrogen-bond donors (Lipinski definition) is 3. The van der Waals surface area contributed by atoms with Gasteiger partial charge in [-0.3, -0.25) is 14.5 Å². The summed E-state index contributed by atoms with van der Waals surface area (Å²) in [7, 11) is 0. The summed E-state index contributed by atoms with van der Waals surface area (Å²) in [5, 5.41) is 11.8. The predicted octanol–water partition coefficient (Wildman–Crippen LogP) is 7.23. The number of piperidine rings is 2. The SMILES string of the molecule is Nc1ncnc2c1c(-c1ccc(Oc3ccccc3)cc1)nn2C1CCCN(C(=C=O)CCCCCCCCCNc2ccc3c(c2)C(=O)N(C2CCC(=C=O)NC2=C=O)C3=O)C1. The zero-order valence-corrected chi connectivity index (χ0v) is 35.0. The summed E-state index contributed by atoms with van der Waals surface area (Å²) in [5.74, 6) is 6.63. The van der Waals surface area contributed by atoms with Crippen molar-refractivity contribution in [2.75, 3.05) is 30.7 Å². The monoisotopic (exact) mass is 847 g/mol. The van der Waals surface area contributed by atoms with Crippen molar-refractivity contribution in [2.45, 2.75) is 89.1 Å². The van der Waals surface area contributed by atoms with Crippen LogP contribution in [0.15, 0.2) is 96.2 Å². The molecule has 4 N–H and O–H groups in total. The van der Waals surface area contributed by atoms with Gasteiger partial charge in [0.25, 0.3) is 11.8 Å². The van der Waals surface area contributed by atoms with Crippen molar-refractivity contribution in [1.82, 2.24) is 34.9 Å². The number of hydrogen-bond acceptors (Lipinski definition) is 13. The number of allylic oxidation sites excluding steroid dienone is 2. The van der Waals surface area contributed by atoms with Gasteiger partial charge in [0.1, 0.15) is 58.6 Å².